The van der Waals surface area contributed by atoms with Crippen LogP contribution in [0.3, 0.4) is 0 Å². The first-order chi connectivity index (χ1) is 28.6. The van der Waals surface area contributed by atoms with Gasteiger partial charge in [0.2, 0.25) is 33.3 Å². The molecule has 21 heteroatoms. The average Bonchev–Trinajstić information content (AvgIpc) is 4.07. The number of nitrogens with one attached hydrogen (secondary N) is 3. The van der Waals surface area contributed by atoms with Gasteiger partial charge in [-0.25, -0.2) is 13.2 Å². The Morgan fingerprint density at radius 2 is 1.79 bits per heavy atom. The van der Waals surface area contributed by atoms with Crippen LogP contribution in [0.25, 0.3) is 10.9 Å². The highest BCUT2D eigenvalue weighted by molar-refractivity contribution is 7.91. The second-order valence-corrected chi connectivity index (χ2v) is 19.3. The van der Waals surface area contributed by atoms with Gasteiger partial charge in [-0.1, -0.05) is 25.1 Å². The van der Waals surface area contributed by atoms with Crippen LogP contribution in [0.5, 0.6) is 17.6 Å². The van der Waals surface area contributed by atoms with Crippen molar-refractivity contribution in [2.75, 3.05) is 34.5 Å². The number of alkyl halides is 3. The first-order valence-corrected chi connectivity index (χ1v) is 21.5. The van der Waals surface area contributed by atoms with Crippen molar-refractivity contribution in [3.8, 4) is 17.6 Å². The Labute approximate surface area is 351 Å². The number of ether oxygens (including phenoxy) is 5. The lowest BCUT2D eigenvalue weighted by atomic mass is 9.87. The van der Waals surface area contributed by atoms with E-state index in [0.29, 0.717) is 56.2 Å². The van der Waals surface area contributed by atoms with Crippen LogP contribution in [0.2, 0.25) is 0 Å². The number of rotatable bonds is 11. The van der Waals surface area contributed by atoms with Gasteiger partial charge in [0.25, 0.3) is 5.91 Å². The fourth-order valence-corrected chi connectivity index (χ4v) is 9.17. The molecule has 4 aliphatic rings. The highest BCUT2D eigenvalue weighted by Gasteiger charge is 2.63. The Balaban J connectivity index is 1.39. The maximum Gasteiger partial charge on any atom is 0.427 e. The third-order valence-electron chi connectivity index (χ3n) is 12.1. The van der Waals surface area contributed by atoms with Crippen molar-refractivity contribution >= 4 is 44.7 Å². The molecule has 1 aromatic carbocycles. The SMILES string of the molecule is COC[C@@H]1C[C@@H](C)CC/C=C\[C@H]2C[C@]2(C(=O)NS(=O)(=O)C2(C)CC2)NC(=O)[C@@H]2C[C@@H](Oc3nc(OC)c4c(OC)cccc4n3)CN2C(=O)[C@H]1NC(=O)OC(C)(C)C(F)(F)F. The van der Waals surface area contributed by atoms with E-state index in [-0.39, 0.29) is 50.2 Å². The second kappa shape index (κ2) is 17.1. The van der Waals surface area contributed by atoms with E-state index < -0.39 is 85.9 Å². The van der Waals surface area contributed by atoms with Gasteiger partial charge in [-0.2, -0.15) is 23.1 Å². The van der Waals surface area contributed by atoms with E-state index in [4.69, 9.17) is 23.7 Å². The van der Waals surface area contributed by atoms with E-state index in [1.807, 2.05) is 13.0 Å². The average molecular weight is 883 g/mol. The Morgan fingerprint density at radius 3 is 2.43 bits per heavy atom. The van der Waals surface area contributed by atoms with E-state index in [0.717, 1.165) is 4.90 Å². The number of alkyl carbamates (subject to hydrolysis) is 1. The number of amides is 4. The van der Waals surface area contributed by atoms with Crippen molar-refractivity contribution < 1.29 is 64.5 Å². The number of carbonyl (C=O) groups is 4. The number of allylic oxidation sites excluding steroid dienone is 1. The number of sulfonamides is 1. The first-order valence-electron chi connectivity index (χ1n) is 20.0. The van der Waals surface area contributed by atoms with Gasteiger partial charge in [0, 0.05) is 25.4 Å². The summed E-state index contributed by atoms with van der Waals surface area (Å²) in [7, 11) is 0.122. The second-order valence-electron chi connectivity index (χ2n) is 17.1. The summed E-state index contributed by atoms with van der Waals surface area (Å²) in [5.74, 6) is -3.64. The minimum absolute atomic E-state index is 0.0680. The summed E-state index contributed by atoms with van der Waals surface area (Å²) in [6, 6.07) is 1.89. The van der Waals surface area contributed by atoms with Gasteiger partial charge in [-0.05, 0) is 77.3 Å². The van der Waals surface area contributed by atoms with Crippen molar-refractivity contribution in [2.24, 2.45) is 17.8 Å². The molecule has 1 aromatic heterocycles. The van der Waals surface area contributed by atoms with E-state index in [1.54, 1.807) is 24.3 Å². The van der Waals surface area contributed by atoms with Crippen LogP contribution in [-0.4, -0.2) is 122 Å². The van der Waals surface area contributed by atoms with Crippen molar-refractivity contribution in [1.82, 2.24) is 30.2 Å². The lowest BCUT2D eigenvalue weighted by Gasteiger charge is -2.35. The number of halogens is 3. The van der Waals surface area contributed by atoms with E-state index in [1.165, 1.54) is 28.3 Å². The fourth-order valence-electron chi connectivity index (χ4n) is 7.86. The summed E-state index contributed by atoms with van der Waals surface area (Å²) < 4.78 is 96.5. The number of hydrogen-bond acceptors (Lipinski definition) is 13. The molecule has 2 saturated carbocycles. The zero-order valence-electron chi connectivity index (χ0n) is 35.1. The number of carbonyl (C=O) groups excluding carboxylic acids is 4. The normalized spacial score (nSPS) is 28.5. The molecule has 0 spiro atoms. The summed E-state index contributed by atoms with van der Waals surface area (Å²) >= 11 is 0. The van der Waals surface area contributed by atoms with Crippen LogP contribution in [0.15, 0.2) is 30.4 Å². The third kappa shape index (κ3) is 9.46. The Kier molecular flexibility index (Phi) is 12.8. The van der Waals surface area contributed by atoms with Crippen LogP contribution in [0.1, 0.15) is 72.6 Å². The number of hydrogen-bond donors (Lipinski definition) is 3. The molecule has 336 valence electrons. The highest BCUT2D eigenvalue weighted by atomic mass is 32.2. The largest absolute Gasteiger partial charge is 0.496 e. The van der Waals surface area contributed by atoms with Gasteiger partial charge >= 0.3 is 18.3 Å². The lowest BCUT2D eigenvalue weighted by Crippen LogP contribution is -2.60. The zero-order valence-corrected chi connectivity index (χ0v) is 35.9. The van der Waals surface area contributed by atoms with Crippen LogP contribution in [-0.2, 0) is 33.9 Å². The topological polar surface area (TPSA) is 214 Å². The molecule has 2 aromatic rings. The minimum Gasteiger partial charge on any atom is -0.496 e. The van der Waals surface area contributed by atoms with Gasteiger partial charge in [0.15, 0.2) is 0 Å². The van der Waals surface area contributed by atoms with Crippen LogP contribution < -0.4 is 29.6 Å². The number of aromatic nitrogens is 2. The first kappa shape index (κ1) is 45.6. The quantitative estimate of drug-likeness (QED) is 0.273. The van der Waals surface area contributed by atoms with E-state index >= 15 is 0 Å². The Bertz CT molecular complexity index is 2170. The fraction of sp³-hybridized carbons (Fsp3) is 0.650. The van der Waals surface area contributed by atoms with Crippen molar-refractivity contribution in [1.29, 1.82) is 0 Å². The summed E-state index contributed by atoms with van der Waals surface area (Å²) in [5, 5.41) is 5.59. The zero-order chi connectivity index (χ0) is 44.7. The molecule has 0 unspecified atom stereocenters. The van der Waals surface area contributed by atoms with Gasteiger partial charge in [-0.3, -0.25) is 19.1 Å². The molecular weight excluding hydrogens is 830 g/mol. The van der Waals surface area contributed by atoms with Gasteiger partial charge in [0.1, 0.15) is 34.9 Å². The molecule has 17 nitrogen and oxygen atoms in total. The molecule has 0 radical (unpaired) electrons. The molecule has 0 bridgehead atoms. The monoisotopic (exact) mass is 882 g/mol. The molecule has 2 aliphatic heterocycles. The summed E-state index contributed by atoms with van der Waals surface area (Å²) in [4.78, 5) is 66.8. The molecule has 2 aliphatic carbocycles. The number of benzene rings is 1. The maximum atomic E-state index is 15.0. The number of methoxy groups -OCH3 is 3. The number of fused-ring (bicyclic) bond motifs is 3. The Morgan fingerprint density at radius 1 is 1.07 bits per heavy atom. The highest BCUT2D eigenvalue weighted by Crippen LogP contribution is 2.48. The predicted octanol–water partition coefficient (Wildman–Crippen LogP) is 3.94. The molecule has 4 amide bonds. The Hall–Kier alpha value is -4.92. The molecule has 3 N–H and O–H groups in total. The third-order valence-corrected chi connectivity index (χ3v) is 14.2. The minimum atomic E-state index is -4.95. The van der Waals surface area contributed by atoms with Gasteiger partial charge < -0.3 is 39.2 Å². The molecule has 3 fully saturated rings. The van der Waals surface area contributed by atoms with Crippen LogP contribution in [0, 0.1) is 17.8 Å². The molecule has 61 heavy (non-hydrogen) atoms. The molecule has 6 rings (SSSR count). The molecule has 1 saturated heterocycles. The molecule has 7 atom stereocenters. The molecular formula is C40H53F3N6O11S. The summed E-state index contributed by atoms with van der Waals surface area (Å²) in [5.41, 5.74) is -4.24. The van der Waals surface area contributed by atoms with Crippen LogP contribution >= 0.6 is 0 Å². The predicted molar refractivity (Wildman–Crippen MR) is 212 cm³/mol. The lowest BCUT2D eigenvalue weighted by molar-refractivity contribution is -0.244. The summed E-state index contributed by atoms with van der Waals surface area (Å²) in [6.07, 6.45) is -2.01. The number of nitrogens with zero attached hydrogens (tertiary/aromatic N) is 3. The smallest absolute Gasteiger partial charge is 0.427 e. The van der Waals surface area contributed by atoms with Crippen LogP contribution in [0.4, 0.5) is 18.0 Å². The standard InChI is InChI=1S/C40H53F3N6O11S/c1-22-11-8-9-12-24-19-39(24,34(52)48-61(54,55)38(4)15-16-38)47-31(50)27-18-25(59-35-44-26-13-10-14-28(57-6)29(26)32(46-35)58-7)20-49(27)33(51)30(23(17-22)21-56-5)45-36(53)60-37(2,3)40(41,42)43/h9-10,12-14,22-25,27,30H,8,11,15-21H2,1-7H3,(H,45,53)(H,47,50)(H,48,52)/b12-9-/t22-,23-,24-,25+,27-,30-,39-/m0/s1. The maximum absolute atomic E-state index is 15.0. The van der Waals surface area contributed by atoms with Crippen molar-refractivity contribution in [3.63, 3.8) is 0 Å². The summed E-state index contributed by atoms with van der Waals surface area (Å²) in [6.45, 7) is 4.34. The molecule has 3 heterocycles. The van der Waals surface area contributed by atoms with Gasteiger partial charge in [-0.15, -0.1) is 0 Å². The van der Waals surface area contributed by atoms with E-state index in [2.05, 4.69) is 25.3 Å². The van der Waals surface area contributed by atoms with Crippen molar-refractivity contribution in [2.45, 2.75) is 113 Å². The van der Waals surface area contributed by atoms with E-state index in [9.17, 15) is 40.8 Å². The van der Waals surface area contributed by atoms with Gasteiger partial charge in [0.05, 0.1) is 37.6 Å². The van der Waals surface area contributed by atoms with Crippen molar-refractivity contribution in [3.05, 3.63) is 30.4 Å².